The van der Waals surface area contributed by atoms with E-state index in [1.54, 1.807) is 4.90 Å². The molecule has 0 N–H and O–H groups in total. The first kappa shape index (κ1) is 14.9. The lowest BCUT2D eigenvalue weighted by molar-refractivity contribution is 0.0260. The molecular formula is C15H25N3O2. The van der Waals surface area contributed by atoms with Gasteiger partial charge in [0.1, 0.15) is 11.4 Å². The highest BCUT2D eigenvalue weighted by Gasteiger charge is 2.25. The van der Waals surface area contributed by atoms with E-state index >= 15 is 0 Å². The molecule has 2 rings (SSSR count). The second-order valence-electron chi connectivity index (χ2n) is 6.40. The van der Waals surface area contributed by atoms with E-state index in [-0.39, 0.29) is 12.1 Å². The van der Waals surface area contributed by atoms with E-state index in [1.165, 1.54) is 0 Å². The fraction of sp³-hybridized carbons (Fsp3) is 0.733. The van der Waals surface area contributed by atoms with Crippen LogP contribution in [-0.2, 0) is 4.74 Å². The van der Waals surface area contributed by atoms with Crippen LogP contribution in [0.4, 0.5) is 4.79 Å². The van der Waals surface area contributed by atoms with Crippen LogP contribution in [0.15, 0.2) is 17.1 Å². The molecule has 2 aliphatic heterocycles. The molecule has 0 spiro atoms. The number of ether oxygens (including phenoxy) is 1. The Balaban J connectivity index is 1.91. The van der Waals surface area contributed by atoms with Gasteiger partial charge in [-0.15, -0.1) is 0 Å². The zero-order chi connectivity index (χ0) is 14.8. The van der Waals surface area contributed by atoms with Crippen molar-refractivity contribution in [2.75, 3.05) is 26.2 Å². The number of amidine groups is 1. The summed E-state index contributed by atoms with van der Waals surface area (Å²) in [6.07, 6.45) is 4.91. The van der Waals surface area contributed by atoms with Gasteiger partial charge in [0.2, 0.25) is 0 Å². The molecule has 1 atom stereocenters. The van der Waals surface area contributed by atoms with E-state index in [4.69, 9.17) is 4.74 Å². The maximum Gasteiger partial charge on any atom is 0.410 e. The third kappa shape index (κ3) is 3.99. The first-order chi connectivity index (χ1) is 9.35. The Bertz CT molecular complexity index is 423. The number of carbonyl (C=O) groups excluding carboxylic acids is 1. The molecule has 0 bridgehead atoms. The number of hydrogen-bond donors (Lipinski definition) is 0. The van der Waals surface area contributed by atoms with Gasteiger partial charge in [-0.05, 0) is 40.2 Å². The third-order valence-corrected chi connectivity index (χ3v) is 3.33. The minimum Gasteiger partial charge on any atom is -0.444 e. The lowest BCUT2D eigenvalue weighted by atomic mass is 10.2. The first-order valence-electron chi connectivity index (χ1n) is 7.34. The van der Waals surface area contributed by atoms with Crippen LogP contribution in [0.5, 0.6) is 0 Å². The zero-order valence-electron chi connectivity index (χ0n) is 12.9. The van der Waals surface area contributed by atoms with E-state index in [9.17, 15) is 4.79 Å². The molecule has 1 amide bonds. The minimum atomic E-state index is -0.434. The summed E-state index contributed by atoms with van der Waals surface area (Å²) in [5.41, 5.74) is -0.434. The average Bonchev–Trinajstić information content (AvgIpc) is 2.62. The van der Waals surface area contributed by atoms with Crippen LogP contribution in [0.25, 0.3) is 0 Å². The van der Waals surface area contributed by atoms with Crippen molar-refractivity contribution in [2.45, 2.75) is 45.8 Å². The molecule has 0 aliphatic carbocycles. The summed E-state index contributed by atoms with van der Waals surface area (Å²) in [6.45, 7) is 11.0. The van der Waals surface area contributed by atoms with Crippen LogP contribution in [-0.4, -0.2) is 59.6 Å². The van der Waals surface area contributed by atoms with Crippen molar-refractivity contribution < 1.29 is 9.53 Å². The normalized spacial score (nSPS) is 23.6. The van der Waals surface area contributed by atoms with Gasteiger partial charge in [0.25, 0.3) is 0 Å². The molecule has 20 heavy (non-hydrogen) atoms. The maximum atomic E-state index is 12.1. The van der Waals surface area contributed by atoms with Gasteiger partial charge in [0, 0.05) is 26.2 Å². The number of amides is 1. The molecular weight excluding hydrogens is 254 g/mol. The molecule has 0 aromatic carbocycles. The van der Waals surface area contributed by atoms with E-state index in [1.807, 2.05) is 20.8 Å². The largest absolute Gasteiger partial charge is 0.444 e. The van der Waals surface area contributed by atoms with Crippen LogP contribution in [0.1, 0.15) is 34.1 Å². The summed E-state index contributed by atoms with van der Waals surface area (Å²) in [6, 6.07) is 0.273. The van der Waals surface area contributed by atoms with Crippen molar-refractivity contribution in [3.8, 4) is 0 Å². The second-order valence-corrected chi connectivity index (χ2v) is 6.40. The van der Waals surface area contributed by atoms with Crippen LogP contribution >= 0.6 is 0 Å². The van der Waals surface area contributed by atoms with Crippen LogP contribution < -0.4 is 0 Å². The molecule has 112 valence electrons. The van der Waals surface area contributed by atoms with E-state index < -0.39 is 5.60 Å². The van der Waals surface area contributed by atoms with Crippen LogP contribution in [0.2, 0.25) is 0 Å². The summed E-state index contributed by atoms with van der Waals surface area (Å²) >= 11 is 0. The van der Waals surface area contributed by atoms with Gasteiger partial charge < -0.3 is 14.5 Å². The predicted octanol–water partition coefficient (Wildman–Crippen LogP) is 2.29. The van der Waals surface area contributed by atoms with Crippen molar-refractivity contribution in [3.05, 3.63) is 12.2 Å². The van der Waals surface area contributed by atoms with Gasteiger partial charge in [0.15, 0.2) is 0 Å². The van der Waals surface area contributed by atoms with E-state index in [0.717, 1.165) is 31.9 Å². The van der Waals surface area contributed by atoms with Gasteiger partial charge in [-0.2, -0.15) is 0 Å². The molecule has 2 aliphatic rings. The van der Waals surface area contributed by atoms with E-state index in [2.05, 4.69) is 29.0 Å². The predicted molar refractivity (Wildman–Crippen MR) is 80.0 cm³/mol. The molecule has 2 heterocycles. The third-order valence-electron chi connectivity index (χ3n) is 3.33. The summed E-state index contributed by atoms with van der Waals surface area (Å²) in [5.74, 6) is 1.04. The van der Waals surface area contributed by atoms with Crippen molar-refractivity contribution in [3.63, 3.8) is 0 Å². The Kier molecular flexibility index (Phi) is 4.35. The molecule has 0 radical (unpaired) electrons. The molecule has 5 nitrogen and oxygen atoms in total. The number of carbonyl (C=O) groups is 1. The minimum absolute atomic E-state index is 0.211. The Morgan fingerprint density at radius 3 is 2.65 bits per heavy atom. The number of aliphatic imine (C=N–C) groups is 1. The Labute approximate surface area is 121 Å². The summed E-state index contributed by atoms with van der Waals surface area (Å²) in [5, 5.41) is 0. The number of hydrogen-bond acceptors (Lipinski definition) is 4. The van der Waals surface area contributed by atoms with Gasteiger partial charge in [-0.25, -0.2) is 4.79 Å². The monoisotopic (exact) mass is 279 g/mol. The quantitative estimate of drug-likeness (QED) is 0.683. The number of rotatable bonds is 0. The molecule has 1 fully saturated rings. The fourth-order valence-electron chi connectivity index (χ4n) is 2.36. The van der Waals surface area contributed by atoms with Gasteiger partial charge in [-0.3, -0.25) is 4.99 Å². The molecule has 0 aromatic heterocycles. The molecule has 5 heteroatoms. The van der Waals surface area contributed by atoms with Gasteiger partial charge in [-0.1, -0.05) is 6.08 Å². The molecule has 1 unspecified atom stereocenters. The molecule has 1 saturated heterocycles. The van der Waals surface area contributed by atoms with Crippen molar-refractivity contribution in [1.29, 1.82) is 0 Å². The highest BCUT2D eigenvalue weighted by molar-refractivity contribution is 5.95. The number of nitrogens with zero attached hydrogens (tertiary/aromatic N) is 3. The Morgan fingerprint density at radius 1 is 1.30 bits per heavy atom. The smallest absolute Gasteiger partial charge is 0.410 e. The fourth-order valence-corrected chi connectivity index (χ4v) is 2.36. The Morgan fingerprint density at radius 2 is 2.05 bits per heavy atom. The topological polar surface area (TPSA) is 45.1 Å². The van der Waals surface area contributed by atoms with Crippen molar-refractivity contribution in [2.24, 2.45) is 4.99 Å². The van der Waals surface area contributed by atoms with Crippen molar-refractivity contribution in [1.82, 2.24) is 9.80 Å². The zero-order valence-corrected chi connectivity index (χ0v) is 12.9. The Hall–Kier alpha value is -1.52. The van der Waals surface area contributed by atoms with E-state index in [0.29, 0.717) is 6.54 Å². The standard InChI is InChI=1S/C15H25N3O2/c1-12-6-7-13(16-12)17-8-5-9-18(11-10-17)14(19)20-15(2,3)4/h6-7,12H,5,8-11H2,1-4H3. The lowest BCUT2D eigenvalue weighted by Gasteiger charge is -2.26. The summed E-state index contributed by atoms with van der Waals surface area (Å²) < 4.78 is 5.43. The summed E-state index contributed by atoms with van der Waals surface area (Å²) in [7, 11) is 0. The van der Waals surface area contributed by atoms with Crippen LogP contribution in [0.3, 0.4) is 0 Å². The van der Waals surface area contributed by atoms with Gasteiger partial charge >= 0.3 is 6.09 Å². The highest BCUT2D eigenvalue weighted by Crippen LogP contribution is 2.14. The molecule has 0 saturated carbocycles. The van der Waals surface area contributed by atoms with Gasteiger partial charge in [0.05, 0.1) is 6.04 Å². The average molecular weight is 279 g/mol. The summed E-state index contributed by atoms with van der Waals surface area (Å²) in [4.78, 5) is 20.7. The maximum absolute atomic E-state index is 12.1. The SMILES string of the molecule is CC1C=CC(N2CCCN(C(=O)OC(C)(C)C)CC2)=N1. The second kappa shape index (κ2) is 5.85. The van der Waals surface area contributed by atoms with Crippen molar-refractivity contribution >= 4 is 11.9 Å². The first-order valence-corrected chi connectivity index (χ1v) is 7.34. The lowest BCUT2D eigenvalue weighted by Crippen LogP contribution is -2.39. The molecule has 0 aromatic rings. The van der Waals surface area contributed by atoms with Crippen LogP contribution in [0, 0.1) is 0 Å². The highest BCUT2D eigenvalue weighted by atomic mass is 16.6.